The third kappa shape index (κ3) is 4.99. The second-order valence-corrected chi connectivity index (χ2v) is 10.2. The fourth-order valence-electron chi connectivity index (χ4n) is 4.18. The van der Waals surface area contributed by atoms with E-state index in [-0.39, 0.29) is 34.6 Å². The summed E-state index contributed by atoms with van der Waals surface area (Å²) in [5.74, 6) is -0.527. The van der Waals surface area contributed by atoms with Crippen LogP contribution in [0.5, 0.6) is 0 Å². The van der Waals surface area contributed by atoms with Crippen molar-refractivity contribution in [3.63, 3.8) is 0 Å². The highest BCUT2D eigenvalue weighted by Gasteiger charge is 2.30. The van der Waals surface area contributed by atoms with Crippen LogP contribution in [0.25, 0.3) is 5.65 Å². The number of carbonyl (C=O) groups is 1. The Morgan fingerprint density at radius 3 is 2.47 bits per heavy atom. The molecule has 0 bridgehead atoms. The fourth-order valence-corrected chi connectivity index (χ4v) is 5.49. The van der Waals surface area contributed by atoms with Crippen molar-refractivity contribution >= 4 is 21.6 Å². The van der Waals surface area contributed by atoms with Crippen LogP contribution < -0.4 is 10.0 Å². The molecule has 1 fully saturated rings. The van der Waals surface area contributed by atoms with Gasteiger partial charge in [-0.25, -0.2) is 22.5 Å². The van der Waals surface area contributed by atoms with Gasteiger partial charge in [0.1, 0.15) is 11.5 Å². The number of benzene rings is 1. The number of imidazole rings is 1. The lowest BCUT2D eigenvalue weighted by Gasteiger charge is -2.29. The van der Waals surface area contributed by atoms with Crippen molar-refractivity contribution in [2.24, 2.45) is 5.92 Å². The van der Waals surface area contributed by atoms with Gasteiger partial charge in [-0.05, 0) is 69.4 Å². The Kier molecular flexibility index (Phi) is 6.30. The molecule has 7 nitrogen and oxygen atoms in total. The average molecular weight is 459 g/mol. The number of fused-ring (bicyclic) bond motifs is 1. The number of nitrogens with one attached hydrogen (secondary N) is 2. The van der Waals surface area contributed by atoms with E-state index >= 15 is 0 Å². The molecule has 1 atom stereocenters. The smallest absolute Gasteiger partial charge is 0.242 e. The molecule has 0 radical (unpaired) electrons. The molecule has 0 spiro atoms. The number of nitrogens with zero attached hydrogens (tertiary/aromatic N) is 2. The lowest BCUT2D eigenvalue weighted by molar-refractivity contribution is -0.126. The van der Waals surface area contributed by atoms with Crippen LogP contribution in [0.4, 0.5) is 4.39 Å². The van der Waals surface area contributed by atoms with Gasteiger partial charge in [0.2, 0.25) is 15.9 Å². The van der Waals surface area contributed by atoms with Crippen LogP contribution in [0.1, 0.15) is 49.9 Å². The van der Waals surface area contributed by atoms with Gasteiger partial charge < -0.3 is 9.72 Å². The summed E-state index contributed by atoms with van der Waals surface area (Å²) in [6.45, 7) is 3.72. The molecule has 1 amide bonds. The lowest BCUT2D eigenvalue weighted by Crippen LogP contribution is -2.41. The maximum absolute atomic E-state index is 13.1. The molecule has 1 aliphatic carbocycles. The van der Waals surface area contributed by atoms with Crippen LogP contribution in [-0.4, -0.2) is 29.8 Å². The zero-order chi connectivity index (χ0) is 22.9. The summed E-state index contributed by atoms with van der Waals surface area (Å²) in [5, 5.41) is 2.98. The Morgan fingerprint density at radius 2 is 1.78 bits per heavy atom. The number of carbonyl (C=O) groups excluding carboxylic acids is 1. The number of hydrogen-bond donors (Lipinski definition) is 2. The largest absolute Gasteiger partial charge is 0.349 e. The molecule has 32 heavy (non-hydrogen) atoms. The van der Waals surface area contributed by atoms with Gasteiger partial charge in [0.25, 0.3) is 0 Å². The van der Waals surface area contributed by atoms with Gasteiger partial charge >= 0.3 is 0 Å². The van der Waals surface area contributed by atoms with Crippen molar-refractivity contribution in [2.75, 3.05) is 0 Å². The van der Waals surface area contributed by atoms with E-state index in [0.717, 1.165) is 11.3 Å². The molecule has 2 heterocycles. The summed E-state index contributed by atoms with van der Waals surface area (Å²) in [7, 11) is -3.67. The molecule has 1 aromatic carbocycles. The molecule has 9 heteroatoms. The van der Waals surface area contributed by atoms with E-state index < -0.39 is 10.0 Å². The topological polar surface area (TPSA) is 92.6 Å². The Labute approximate surface area is 187 Å². The molecular weight excluding hydrogens is 431 g/mol. The number of halogens is 1. The Hall–Kier alpha value is -2.78. The summed E-state index contributed by atoms with van der Waals surface area (Å²) < 4.78 is 43.3. The minimum absolute atomic E-state index is 0.0518. The van der Waals surface area contributed by atoms with E-state index in [1.165, 1.54) is 12.1 Å². The van der Waals surface area contributed by atoms with Crippen LogP contribution in [0, 0.1) is 18.7 Å². The highest BCUT2D eigenvalue weighted by Crippen LogP contribution is 2.27. The highest BCUT2D eigenvalue weighted by molar-refractivity contribution is 7.89. The monoisotopic (exact) mass is 458 g/mol. The predicted molar refractivity (Wildman–Crippen MR) is 119 cm³/mol. The summed E-state index contributed by atoms with van der Waals surface area (Å²) in [6.07, 6.45) is 5.74. The van der Waals surface area contributed by atoms with Gasteiger partial charge in [-0.3, -0.25) is 4.79 Å². The number of hydrogen-bond acceptors (Lipinski definition) is 4. The number of sulfonamides is 1. The van der Waals surface area contributed by atoms with E-state index in [1.807, 2.05) is 13.8 Å². The average Bonchev–Trinajstić information content (AvgIpc) is 3.13. The minimum Gasteiger partial charge on any atom is -0.349 e. The first-order chi connectivity index (χ1) is 15.2. The summed E-state index contributed by atoms with van der Waals surface area (Å²) >= 11 is 0. The van der Waals surface area contributed by atoms with Gasteiger partial charge in [0.15, 0.2) is 0 Å². The molecule has 1 saturated carbocycles. The van der Waals surface area contributed by atoms with Gasteiger partial charge in [-0.1, -0.05) is 12.1 Å². The Bertz CT molecular complexity index is 1220. The van der Waals surface area contributed by atoms with E-state index in [2.05, 4.69) is 15.0 Å². The van der Waals surface area contributed by atoms with Crippen molar-refractivity contribution in [1.82, 2.24) is 19.4 Å². The Morgan fingerprint density at radius 1 is 1.09 bits per heavy atom. The van der Waals surface area contributed by atoms with E-state index in [4.69, 9.17) is 0 Å². The van der Waals surface area contributed by atoms with Gasteiger partial charge in [0, 0.05) is 24.4 Å². The minimum atomic E-state index is -3.67. The zero-order valence-corrected chi connectivity index (χ0v) is 18.9. The molecule has 170 valence electrons. The first-order valence-corrected chi connectivity index (χ1v) is 12.2. The standard InChI is InChI=1S/C23H27FN4O3S/c1-15-13-28-14-21(11-12-22(28)25-15)32(30,31)27-20-9-5-18(6-10-20)23(29)26-16(2)17-3-7-19(24)8-4-17/h3-4,7-8,11-14,16,18,20,27H,5-6,9-10H2,1-2H3,(H,26,29)/t16-,18?,20?/m1/s1. The Balaban J connectivity index is 1.32. The molecule has 0 unspecified atom stereocenters. The molecule has 1 aliphatic rings. The van der Waals surface area contributed by atoms with Crippen LogP contribution in [-0.2, 0) is 14.8 Å². The van der Waals surface area contributed by atoms with Gasteiger partial charge in [0.05, 0.1) is 16.6 Å². The predicted octanol–water partition coefficient (Wildman–Crippen LogP) is 3.50. The van der Waals surface area contributed by atoms with Crippen LogP contribution in [0.15, 0.2) is 53.7 Å². The van der Waals surface area contributed by atoms with Crippen molar-refractivity contribution in [1.29, 1.82) is 0 Å². The van der Waals surface area contributed by atoms with Crippen molar-refractivity contribution in [2.45, 2.75) is 56.5 Å². The normalized spacial score (nSPS) is 20.2. The summed E-state index contributed by atoms with van der Waals surface area (Å²) in [5.41, 5.74) is 2.35. The van der Waals surface area contributed by atoms with E-state index in [1.54, 1.807) is 41.1 Å². The first-order valence-electron chi connectivity index (χ1n) is 10.7. The maximum Gasteiger partial charge on any atom is 0.242 e. The zero-order valence-electron chi connectivity index (χ0n) is 18.1. The maximum atomic E-state index is 13.1. The molecule has 0 aliphatic heterocycles. The molecule has 4 rings (SSSR count). The van der Waals surface area contributed by atoms with Crippen LogP contribution in [0.2, 0.25) is 0 Å². The highest BCUT2D eigenvalue weighted by atomic mass is 32.2. The summed E-state index contributed by atoms with van der Waals surface area (Å²) in [6, 6.07) is 8.88. The van der Waals surface area contributed by atoms with Gasteiger partial charge in [-0.15, -0.1) is 0 Å². The number of amides is 1. The number of aryl methyl sites for hydroxylation is 1. The first kappa shape index (κ1) is 22.4. The number of aromatic nitrogens is 2. The molecule has 2 aromatic heterocycles. The summed E-state index contributed by atoms with van der Waals surface area (Å²) in [4.78, 5) is 17.2. The third-order valence-electron chi connectivity index (χ3n) is 6.00. The second-order valence-electron chi connectivity index (χ2n) is 8.46. The third-order valence-corrected chi connectivity index (χ3v) is 7.51. The van der Waals surface area contributed by atoms with Crippen LogP contribution >= 0.6 is 0 Å². The molecule has 3 aromatic rings. The lowest BCUT2D eigenvalue weighted by atomic mass is 9.85. The number of rotatable bonds is 6. The number of pyridine rings is 1. The molecule has 0 saturated heterocycles. The quantitative estimate of drug-likeness (QED) is 0.591. The second kappa shape index (κ2) is 8.99. The SMILES string of the molecule is Cc1cn2cc(S(=O)(=O)NC3CCC(C(=O)N[C@H](C)c4ccc(F)cc4)CC3)ccc2n1. The van der Waals surface area contributed by atoms with Crippen molar-refractivity contribution < 1.29 is 17.6 Å². The fraction of sp³-hybridized carbons (Fsp3) is 0.391. The molecular formula is C23H27FN4O3S. The van der Waals surface area contributed by atoms with Crippen molar-refractivity contribution in [3.05, 3.63) is 65.9 Å². The van der Waals surface area contributed by atoms with E-state index in [0.29, 0.717) is 31.3 Å². The van der Waals surface area contributed by atoms with Crippen molar-refractivity contribution in [3.8, 4) is 0 Å². The van der Waals surface area contributed by atoms with E-state index in [9.17, 15) is 17.6 Å². The van der Waals surface area contributed by atoms with Crippen LogP contribution in [0.3, 0.4) is 0 Å². The van der Waals surface area contributed by atoms with Gasteiger partial charge in [-0.2, -0.15) is 0 Å². The molecule has 2 N–H and O–H groups in total.